The Morgan fingerprint density at radius 2 is 2.19 bits per heavy atom. The second-order valence-corrected chi connectivity index (χ2v) is 5.44. The first kappa shape index (κ1) is 11.9. The molecule has 0 saturated carbocycles. The first-order chi connectivity index (χ1) is 7.66. The summed E-state index contributed by atoms with van der Waals surface area (Å²) in [4.78, 5) is 4.29. The Labute approximate surface area is 112 Å². The van der Waals surface area contributed by atoms with E-state index < -0.39 is 0 Å². The van der Waals surface area contributed by atoms with Gasteiger partial charge in [-0.25, -0.2) is 4.98 Å². The summed E-state index contributed by atoms with van der Waals surface area (Å²) in [6, 6.07) is 7.97. The SMILES string of the molecule is CC(Nc1nc(Br)cs1)c1ccccc1Cl. The number of aromatic nitrogens is 1. The molecule has 1 unspecified atom stereocenters. The molecule has 0 aliphatic carbocycles. The molecule has 2 rings (SSSR count). The van der Waals surface area contributed by atoms with Gasteiger partial charge in [0.15, 0.2) is 5.13 Å². The summed E-state index contributed by atoms with van der Waals surface area (Å²) in [5, 5.41) is 6.92. The van der Waals surface area contributed by atoms with Gasteiger partial charge in [0.05, 0.1) is 6.04 Å². The predicted molar refractivity (Wildman–Crippen MR) is 73.3 cm³/mol. The molecule has 16 heavy (non-hydrogen) atoms. The van der Waals surface area contributed by atoms with Crippen molar-refractivity contribution in [2.45, 2.75) is 13.0 Å². The third kappa shape index (κ3) is 2.75. The van der Waals surface area contributed by atoms with Gasteiger partial charge in [0.2, 0.25) is 0 Å². The van der Waals surface area contributed by atoms with Gasteiger partial charge in [-0.15, -0.1) is 11.3 Å². The van der Waals surface area contributed by atoms with Gasteiger partial charge in [0.25, 0.3) is 0 Å². The fourth-order valence-corrected chi connectivity index (χ4v) is 2.94. The Kier molecular flexibility index (Phi) is 3.84. The molecule has 0 aliphatic heterocycles. The normalized spacial score (nSPS) is 12.4. The van der Waals surface area contributed by atoms with Crippen molar-refractivity contribution in [2.75, 3.05) is 5.32 Å². The number of rotatable bonds is 3. The van der Waals surface area contributed by atoms with Crippen LogP contribution >= 0.6 is 38.9 Å². The number of nitrogens with one attached hydrogen (secondary N) is 1. The van der Waals surface area contributed by atoms with Crippen LogP contribution < -0.4 is 5.32 Å². The summed E-state index contributed by atoms with van der Waals surface area (Å²) in [6.07, 6.45) is 0. The molecule has 0 radical (unpaired) electrons. The number of anilines is 1. The molecule has 1 heterocycles. The summed E-state index contributed by atoms with van der Waals surface area (Å²) < 4.78 is 0.853. The number of hydrogen-bond donors (Lipinski definition) is 1. The highest BCUT2D eigenvalue weighted by molar-refractivity contribution is 9.10. The standard InChI is InChI=1S/C11H10BrClN2S/c1-7(8-4-2-3-5-9(8)13)14-11-15-10(12)6-16-11/h2-7H,1H3,(H,14,15). The molecular weight excluding hydrogens is 308 g/mol. The first-order valence-electron chi connectivity index (χ1n) is 4.79. The lowest BCUT2D eigenvalue weighted by Gasteiger charge is -2.14. The zero-order chi connectivity index (χ0) is 11.5. The largest absolute Gasteiger partial charge is 0.355 e. The number of benzene rings is 1. The summed E-state index contributed by atoms with van der Waals surface area (Å²) in [5.74, 6) is 0. The minimum absolute atomic E-state index is 0.145. The summed E-state index contributed by atoms with van der Waals surface area (Å²) in [7, 11) is 0. The van der Waals surface area contributed by atoms with E-state index in [1.54, 1.807) is 11.3 Å². The van der Waals surface area contributed by atoms with Crippen LogP contribution in [0.15, 0.2) is 34.2 Å². The molecule has 2 aromatic rings. The maximum Gasteiger partial charge on any atom is 0.184 e. The van der Waals surface area contributed by atoms with Crippen molar-refractivity contribution >= 4 is 44.0 Å². The van der Waals surface area contributed by atoms with Gasteiger partial charge in [0, 0.05) is 10.4 Å². The molecule has 0 fully saturated rings. The molecule has 1 N–H and O–H groups in total. The van der Waals surface area contributed by atoms with Crippen molar-refractivity contribution in [3.05, 3.63) is 44.8 Å². The highest BCUT2D eigenvalue weighted by Gasteiger charge is 2.10. The van der Waals surface area contributed by atoms with Crippen LogP contribution in [0.2, 0.25) is 5.02 Å². The minimum atomic E-state index is 0.145. The van der Waals surface area contributed by atoms with Gasteiger partial charge >= 0.3 is 0 Å². The molecule has 0 amide bonds. The third-order valence-corrected chi connectivity index (χ3v) is 4.01. The number of thiazole rings is 1. The average molecular weight is 318 g/mol. The van der Waals surface area contributed by atoms with Crippen LogP contribution in [-0.2, 0) is 0 Å². The lowest BCUT2D eigenvalue weighted by molar-refractivity contribution is 0.881. The molecule has 1 aromatic carbocycles. The molecule has 0 aliphatic rings. The van der Waals surface area contributed by atoms with E-state index in [4.69, 9.17) is 11.6 Å². The second-order valence-electron chi connectivity index (χ2n) is 3.36. The average Bonchev–Trinajstić information content (AvgIpc) is 2.64. The Balaban J connectivity index is 2.14. The van der Waals surface area contributed by atoms with Crippen LogP contribution in [0, 0.1) is 0 Å². The fourth-order valence-electron chi connectivity index (χ4n) is 1.41. The fraction of sp³-hybridized carbons (Fsp3) is 0.182. The van der Waals surface area contributed by atoms with Crippen LogP contribution in [0.5, 0.6) is 0 Å². The third-order valence-electron chi connectivity index (χ3n) is 2.19. The van der Waals surface area contributed by atoms with Crippen molar-refractivity contribution in [3.8, 4) is 0 Å². The summed E-state index contributed by atoms with van der Waals surface area (Å²) >= 11 is 11.0. The van der Waals surface area contributed by atoms with E-state index in [0.717, 1.165) is 20.3 Å². The smallest absolute Gasteiger partial charge is 0.184 e. The Bertz CT molecular complexity index is 486. The number of halogens is 2. The highest BCUT2D eigenvalue weighted by atomic mass is 79.9. The van der Waals surface area contributed by atoms with E-state index in [0.29, 0.717) is 0 Å². The molecule has 1 atom stereocenters. The van der Waals surface area contributed by atoms with Gasteiger partial charge in [-0.3, -0.25) is 0 Å². The quantitative estimate of drug-likeness (QED) is 0.885. The van der Waals surface area contributed by atoms with E-state index in [-0.39, 0.29) is 6.04 Å². The Hall–Kier alpha value is -0.580. The monoisotopic (exact) mass is 316 g/mol. The molecule has 5 heteroatoms. The molecule has 0 spiro atoms. The Morgan fingerprint density at radius 3 is 2.81 bits per heavy atom. The van der Waals surface area contributed by atoms with Gasteiger partial charge in [-0.1, -0.05) is 29.8 Å². The van der Waals surface area contributed by atoms with Crippen molar-refractivity contribution in [2.24, 2.45) is 0 Å². The number of hydrogen-bond acceptors (Lipinski definition) is 3. The molecule has 84 valence electrons. The summed E-state index contributed by atoms with van der Waals surface area (Å²) in [6.45, 7) is 2.07. The van der Waals surface area contributed by atoms with E-state index in [2.05, 4.69) is 33.2 Å². The number of nitrogens with zero attached hydrogens (tertiary/aromatic N) is 1. The molecule has 1 aromatic heterocycles. The zero-order valence-corrected chi connectivity index (χ0v) is 11.7. The molecule has 0 saturated heterocycles. The van der Waals surface area contributed by atoms with E-state index in [9.17, 15) is 0 Å². The molecule has 2 nitrogen and oxygen atoms in total. The van der Waals surface area contributed by atoms with Gasteiger partial charge in [-0.05, 0) is 34.5 Å². The van der Waals surface area contributed by atoms with Crippen molar-refractivity contribution in [3.63, 3.8) is 0 Å². The zero-order valence-electron chi connectivity index (χ0n) is 8.58. The minimum Gasteiger partial charge on any atom is -0.355 e. The van der Waals surface area contributed by atoms with Crippen LogP contribution in [0.3, 0.4) is 0 Å². The van der Waals surface area contributed by atoms with Gasteiger partial charge < -0.3 is 5.32 Å². The second kappa shape index (κ2) is 5.17. The van der Waals surface area contributed by atoms with E-state index in [1.807, 2.05) is 29.6 Å². The lowest BCUT2D eigenvalue weighted by atomic mass is 10.1. The van der Waals surface area contributed by atoms with Crippen molar-refractivity contribution < 1.29 is 0 Å². The van der Waals surface area contributed by atoms with E-state index in [1.165, 1.54) is 0 Å². The van der Waals surface area contributed by atoms with Crippen molar-refractivity contribution in [1.29, 1.82) is 0 Å². The molecule has 0 bridgehead atoms. The topological polar surface area (TPSA) is 24.9 Å². The summed E-state index contributed by atoms with van der Waals surface area (Å²) in [5.41, 5.74) is 1.08. The lowest BCUT2D eigenvalue weighted by Crippen LogP contribution is -2.06. The first-order valence-corrected chi connectivity index (χ1v) is 6.84. The van der Waals surface area contributed by atoms with E-state index >= 15 is 0 Å². The van der Waals surface area contributed by atoms with Gasteiger partial charge in [0.1, 0.15) is 4.60 Å². The van der Waals surface area contributed by atoms with Crippen molar-refractivity contribution in [1.82, 2.24) is 4.98 Å². The van der Waals surface area contributed by atoms with Crippen LogP contribution in [-0.4, -0.2) is 4.98 Å². The van der Waals surface area contributed by atoms with Crippen LogP contribution in [0.4, 0.5) is 5.13 Å². The maximum atomic E-state index is 6.12. The predicted octanol–water partition coefficient (Wildman–Crippen LogP) is 4.73. The molecular formula is C11H10BrClN2S. The van der Waals surface area contributed by atoms with Crippen LogP contribution in [0.25, 0.3) is 0 Å². The van der Waals surface area contributed by atoms with Gasteiger partial charge in [-0.2, -0.15) is 0 Å². The Morgan fingerprint density at radius 1 is 1.44 bits per heavy atom. The maximum absolute atomic E-state index is 6.12. The highest BCUT2D eigenvalue weighted by Crippen LogP contribution is 2.27. The van der Waals surface area contributed by atoms with Crippen LogP contribution in [0.1, 0.15) is 18.5 Å².